The largest absolute Gasteiger partial charge is 0.393 e. The minimum absolute atomic E-state index is 0.114. The summed E-state index contributed by atoms with van der Waals surface area (Å²) in [7, 11) is 0. The van der Waals surface area contributed by atoms with Gasteiger partial charge in [-0.2, -0.15) is 0 Å². The topological polar surface area (TPSA) is 32.3 Å². The van der Waals surface area contributed by atoms with Crippen molar-refractivity contribution in [3.8, 4) is 0 Å². The molecule has 0 aromatic heterocycles. The first-order valence-electron chi connectivity index (χ1n) is 6.99. The molecule has 2 N–H and O–H groups in total. The number of nitrogens with one attached hydrogen (secondary N) is 1. The predicted octanol–water partition coefficient (Wildman–Crippen LogP) is 4.34. The third-order valence-corrected chi connectivity index (χ3v) is 4.44. The van der Waals surface area contributed by atoms with Gasteiger partial charge in [0, 0.05) is 22.1 Å². The van der Waals surface area contributed by atoms with E-state index in [1.165, 1.54) is 0 Å². The Balaban J connectivity index is 2.03. The molecule has 0 heterocycles. The van der Waals surface area contributed by atoms with Crippen LogP contribution >= 0.6 is 23.2 Å². The number of hydrogen-bond acceptors (Lipinski definition) is 2. The minimum Gasteiger partial charge on any atom is -0.393 e. The number of aliphatic hydroxyl groups excluding tert-OH is 1. The highest BCUT2D eigenvalue weighted by molar-refractivity contribution is 6.35. The van der Waals surface area contributed by atoms with E-state index in [2.05, 4.69) is 12.2 Å². The van der Waals surface area contributed by atoms with Crippen molar-refractivity contribution >= 4 is 23.2 Å². The van der Waals surface area contributed by atoms with Gasteiger partial charge in [-0.3, -0.25) is 0 Å². The molecule has 1 saturated carbocycles. The van der Waals surface area contributed by atoms with E-state index in [9.17, 15) is 5.11 Å². The first-order valence-corrected chi connectivity index (χ1v) is 7.74. The molecule has 19 heavy (non-hydrogen) atoms. The van der Waals surface area contributed by atoms with Gasteiger partial charge in [0.1, 0.15) is 0 Å². The Morgan fingerprint density at radius 3 is 2.53 bits per heavy atom. The Bertz CT molecular complexity index is 417. The van der Waals surface area contributed by atoms with E-state index in [4.69, 9.17) is 23.2 Å². The van der Waals surface area contributed by atoms with E-state index in [-0.39, 0.29) is 12.1 Å². The molecule has 1 atom stereocenters. The van der Waals surface area contributed by atoms with Gasteiger partial charge in [0.25, 0.3) is 0 Å². The van der Waals surface area contributed by atoms with Crippen LogP contribution in [0, 0.1) is 0 Å². The van der Waals surface area contributed by atoms with Gasteiger partial charge in [-0.15, -0.1) is 0 Å². The van der Waals surface area contributed by atoms with Crippen LogP contribution in [0.1, 0.15) is 50.6 Å². The SMILES string of the molecule is CCC(NC1CCC(O)CC1)c1ccc(Cl)cc1Cl. The van der Waals surface area contributed by atoms with Crippen molar-refractivity contribution in [2.24, 2.45) is 0 Å². The van der Waals surface area contributed by atoms with Crippen LogP contribution in [0.15, 0.2) is 18.2 Å². The molecule has 1 aromatic rings. The summed E-state index contributed by atoms with van der Waals surface area (Å²) in [5.74, 6) is 0. The zero-order valence-electron chi connectivity index (χ0n) is 11.2. The Kier molecular flexibility index (Phi) is 5.52. The molecule has 1 unspecified atom stereocenters. The van der Waals surface area contributed by atoms with Crippen LogP contribution in [0.3, 0.4) is 0 Å². The van der Waals surface area contributed by atoms with E-state index in [1.54, 1.807) is 6.07 Å². The Morgan fingerprint density at radius 2 is 1.95 bits per heavy atom. The molecular weight excluding hydrogens is 281 g/mol. The molecule has 0 spiro atoms. The van der Waals surface area contributed by atoms with Crippen molar-refractivity contribution in [1.29, 1.82) is 0 Å². The summed E-state index contributed by atoms with van der Waals surface area (Å²) in [6.45, 7) is 2.15. The van der Waals surface area contributed by atoms with Gasteiger partial charge in [0.2, 0.25) is 0 Å². The van der Waals surface area contributed by atoms with Gasteiger partial charge in [0.15, 0.2) is 0 Å². The van der Waals surface area contributed by atoms with Gasteiger partial charge in [-0.25, -0.2) is 0 Å². The second kappa shape index (κ2) is 6.94. The molecule has 1 aliphatic carbocycles. The van der Waals surface area contributed by atoms with Crippen LogP contribution < -0.4 is 5.32 Å². The quantitative estimate of drug-likeness (QED) is 0.867. The molecule has 2 rings (SSSR count). The van der Waals surface area contributed by atoms with Crippen LogP contribution in [-0.4, -0.2) is 17.3 Å². The van der Waals surface area contributed by atoms with Gasteiger partial charge < -0.3 is 10.4 Å². The van der Waals surface area contributed by atoms with Crippen molar-refractivity contribution in [2.75, 3.05) is 0 Å². The lowest BCUT2D eigenvalue weighted by Gasteiger charge is -2.30. The molecule has 0 bridgehead atoms. The van der Waals surface area contributed by atoms with Crippen molar-refractivity contribution < 1.29 is 5.11 Å². The van der Waals surface area contributed by atoms with E-state index in [0.29, 0.717) is 11.1 Å². The molecule has 0 saturated heterocycles. The molecule has 1 fully saturated rings. The highest BCUT2D eigenvalue weighted by Crippen LogP contribution is 2.30. The Morgan fingerprint density at radius 1 is 1.26 bits per heavy atom. The van der Waals surface area contributed by atoms with Gasteiger partial charge in [-0.1, -0.05) is 36.2 Å². The standard InChI is InChI=1S/C15H21Cl2NO/c1-2-15(13-8-3-10(16)9-14(13)17)18-11-4-6-12(19)7-5-11/h3,8-9,11-12,15,18-19H,2,4-7H2,1H3. The monoisotopic (exact) mass is 301 g/mol. The van der Waals surface area contributed by atoms with E-state index < -0.39 is 0 Å². The zero-order valence-corrected chi connectivity index (χ0v) is 12.7. The Hall–Kier alpha value is -0.280. The van der Waals surface area contributed by atoms with Gasteiger partial charge in [0.05, 0.1) is 6.10 Å². The molecule has 1 aliphatic rings. The van der Waals surface area contributed by atoms with Crippen LogP contribution in [0.5, 0.6) is 0 Å². The smallest absolute Gasteiger partial charge is 0.0541 e. The van der Waals surface area contributed by atoms with Gasteiger partial charge >= 0.3 is 0 Å². The number of rotatable bonds is 4. The fraction of sp³-hybridized carbons (Fsp3) is 0.600. The zero-order chi connectivity index (χ0) is 13.8. The van der Waals surface area contributed by atoms with Crippen molar-refractivity contribution in [3.63, 3.8) is 0 Å². The van der Waals surface area contributed by atoms with Crippen molar-refractivity contribution in [3.05, 3.63) is 33.8 Å². The molecule has 0 amide bonds. The first-order chi connectivity index (χ1) is 9.10. The highest BCUT2D eigenvalue weighted by Gasteiger charge is 2.22. The number of aliphatic hydroxyl groups is 1. The maximum absolute atomic E-state index is 9.55. The van der Waals surface area contributed by atoms with Crippen molar-refractivity contribution in [2.45, 2.75) is 57.2 Å². The molecule has 106 valence electrons. The molecular formula is C15H21Cl2NO. The summed E-state index contributed by atoms with van der Waals surface area (Å²) in [5.41, 5.74) is 1.11. The van der Waals surface area contributed by atoms with Crippen LogP contribution in [0.2, 0.25) is 10.0 Å². The van der Waals surface area contributed by atoms with E-state index in [1.807, 2.05) is 12.1 Å². The molecule has 2 nitrogen and oxygen atoms in total. The second-order valence-electron chi connectivity index (χ2n) is 5.30. The lowest BCUT2D eigenvalue weighted by Crippen LogP contribution is -2.37. The summed E-state index contributed by atoms with van der Waals surface area (Å²) in [6.07, 6.45) is 4.72. The second-order valence-corrected chi connectivity index (χ2v) is 6.14. The molecule has 0 radical (unpaired) electrons. The third kappa shape index (κ3) is 4.09. The lowest BCUT2D eigenvalue weighted by atomic mass is 9.91. The summed E-state index contributed by atoms with van der Waals surface area (Å²) in [4.78, 5) is 0. The van der Waals surface area contributed by atoms with E-state index in [0.717, 1.165) is 42.7 Å². The fourth-order valence-electron chi connectivity index (χ4n) is 2.74. The number of hydrogen-bond donors (Lipinski definition) is 2. The maximum atomic E-state index is 9.55. The summed E-state index contributed by atoms with van der Waals surface area (Å²) in [5, 5.41) is 14.6. The normalized spacial score (nSPS) is 25.3. The molecule has 4 heteroatoms. The van der Waals surface area contributed by atoms with Crippen LogP contribution in [0.25, 0.3) is 0 Å². The molecule has 1 aromatic carbocycles. The van der Waals surface area contributed by atoms with Crippen molar-refractivity contribution in [1.82, 2.24) is 5.32 Å². The number of halogens is 2. The predicted molar refractivity (Wildman–Crippen MR) is 80.9 cm³/mol. The third-order valence-electron chi connectivity index (χ3n) is 3.88. The summed E-state index contributed by atoms with van der Waals surface area (Å²) < 4.78 is 0. The highest BCUT2D eigenvalue weighted by atomic mass is 35.5. The minimum atomic E-state index is -0.114. The fourth-order valence-corrected chi connectivity index (χ4v) is 3.28. The summed E-state index contributed by atoms with van der Waals surface area (Å²) in [6, 6.07) is 6.42. The Labute approximate surface area is 125 Å². The van der Waals surface area contributed by atoms with E-state index >= 15 is 0 Å². The van der Waals surface area contributed by atoms with Gasteiger partial charge in [-0.05, 0) is 49.8 Å². The summed E-state index contributed by atoms with van der Waals surface area (Å²) >= 11 is 12.2. The number of benzene rings is 1. The molecule has 0 aliphatic heterocycles. The first kappa shape index (κ1) is 15.1. The van der Waals surface area contributed by atoms with Crippen LogP contribution in [0.4, 0.5) is 0 Å². The lowest BCUT2D eigenvalue weighted by molar-refractivity contribution is 0.114. The average Bonchev–Trinajstić information content (AvgIpc) is 2.39. The average molecular weight is 302 g/mol. The maximum Gasteiger partial charge on any atom is 0.0541 e. The van der Waals surface area contributed by atoms with Crippen LogP contribution in [-0.2, 0) is 0 Å².